The molecule has 0 saturated carbocycles. The Morgan fingerprint density at radius 3 is 1.42 bits per heavy atom. The summed E-state index contributed by atoms with van der Waals surface area (Å²) in [5.74, 6) is -0.280. The molecular formula is C52H97NO18. The topological polar surface area (TPSA) is 307 Å². The second-order valence-electron chi connectivity index (χ2n) is 20.1. The van der Waals surface area contributed by atoms with Gasteiger partial charge < -0.3 is 89.9 Å². The Kier molecular flexibility index (Phi) is 33.5. The van der Waals surface area contributed by atoms with E-state index in [0.717, 1.165) is 44.9 Å². The summed E-state index contributed by atoms with van der Waals surface area (Å²) in [7, 11) is 0. The molecule has 3 aliphatic heterocycles. The molecule has 0 aromatic heterocycles. The van der Waals surface area contributed by atoms with Gasteiger partial charge in [0.05, 0.1) is 38.6 Å². The summed E-state index contributed by atoms with van der Waals surface area (Å²) < 4.78 is 34.2. The third-order valence-electron chi connectivity index (χ3n) is 14.1. The lowest BCUT2D eigenvalue weighted by Crippen LogP contribution is -2.67. The lowest BCUT2D eigenvalue weighted by atomic mass is 9.96. The Labute approximate surface area is 423 Å². The number of carbonyl (C=O) groups excluding carboxylic acids is 1. The first-order valence-corrected chi connectivity index (χ1v) is 27.4. The molecule has 1 amide bonds. The molecule has 17 atom stereocenters. The fourth-order valence-electron chi connectivity index (χ4n) is 9.48. The first-order chi connectivity index (χ1) is 34.3. The maximum atomic E-state index is 13.2. The van der Waals surface area contributed by atoms with Crippen molar-refractivity contribution in [2.45, 2.75) is 285 Å². The quantitative estimate of drug-likeness (QED) is 0.0311. The van der Waals surface area contributed by atoms with Gasteiger partial charge in [-0.05, 0) is 19.3 Å². The van der Waals surface area contributed by atoms with Crippen LogP contribution in [0.5, 0.6) is 0 Å². The van der Waals surface area contributed by atoms with Gasteiger partial charge in [0.2, 0.25) is 5.91 Å². The molecule has 0 aliphatic carbocycles. The third kappa shape index (κ3) is 22.7. The van der Waals surface area contributed by atoms with Crippen molar-refractivity contribution < 1.29 is 89.4 Å². The number of nitrogens with one attached hydrogen (secondary N) is 1. The van der Waals surface area contributed by atoms with Gasteiger partial charge in [-0.2, -0.15) is 0 Å². The molecule has 0 radical (unpaired) electrons. The number of allylic oxidation sites excluding steroid dienone is 1. The largest absolute Gasteiger partial charge is 0.394 e. The van der Waals surface area contributed by atoms with Gasteiger partial charge in [0, 0.05) is 6.42 Å². The lowest BCUT2D eigenvalue weighted by molar-refractivity contribution is -0.380. The lowest BCUT2D eigenvalue weighted by Gasteiger charge is -2.48. The van der Waals surface area contributed by atoms with Crippen molar-refractivity contribution in [3.05, 3.63) is 12.2 Å². The van der Waals surface area contributed by atoms with E-state index in [-0.39, 0.29) is 18.9 Å². The van der Waals surface area contributed by atoms with Crippen molar-refractivity contribution in [3.8, 4) is 0 Å². The summed E-state index contributed by atoms with van der Waals surface area (Å²) in [6.07, 6.45) is 5.99. The summed E-state index contributed by atoms with van der Waals surface area (Å²) >= 11 is 0. The predicted octanol–water partition coefficient (Wildman–Crippen LogP) is 3.04. The van der Waals surface area contributed by atoms with Gasteiger partial charge in [-0.25, -0.2) is 0 Å². The van der Waals surface area contributed by atoms with Crippen molar-refractivity contribution in [3.63, 3.8) is 0 Å². The van der Waals surface area contributed by atoms with E-state index in [1.165, 1.54) is 109 Å². The molecular weight excluding hydrogens is 927 g/mol. The first kappa shape index (κ1) is 63.8. The van der Waals surface area contributed by atoms with E-state index in [0.29, 0.717) is 6.42 Å². The van der Waals surface area contributed by atoms with Crippen LogP contribution in [-0.2, 0) is 33.2 Å². The van der Waals surface area contributed by atoms with Crippen LogP contribution in [0.25, 0.3) is 0 Å². The molecule has 3 heterocycles. The number of carbonyl (C=O) groups is 1. The number of aliphatic hydroxyl groups is 11. The SMILES string of the molecule is CCCCCCCCCCCCC/C=C/[C@@H](O)[C@H](CO[C@@H]1OC(CO)[C@@H](O[C@@H]2OC(CO)[C@H](O)[C@H](O[C@H]3OC(CO)[C@H](O)[C@H](O)C3O)C2O)[C@H](O)C1O)NC(=O)CCCCCCCCCCCCCCC. The average Bonchev–Trinajstić information content (AvgIpc) is 3.36. The molecule has 19 heteroatoms. The fourth-order valence-corrected chi connectivity index (χ4v) is 9.48. The molecule has 71 heavy (non-hydrogen) atoms. The minimum Gasteiger partial charge on any atom is -0.394 e. The first-order valence-electron chi connectivity index (χ1n) is 27.4. The van der Waals surface area contributed by atoms with Crippen molar-refractivity contribution in [2.75, 3.05) is 26.4 Å². The second-order valence-corrected chi connectivity index (χ2v) is 20.1. The van der Waals surface area contributed by atoms with Crippen molar-refractivity contribution in [1.29, 1.82) is 0 Å². The molecule has 19 nitrogen and oxygen atoms in total. The number of hydrogen-bond donors (Lipinski definition) is 12. The van der Waals surface area contributed by atoms with E-state index in [2.05, 4.69) is 19.2 Å². The molecule has 0 spiro atoms. The Morgan fingerprint density at radius 2 is 0.915 bits per heavy atom. The van der Waals surface area contributed by atoms with Crippen molar-refractivity contribution in [1.82, 2.24) is 5.32 Å². The Hall–Kier alpha value is -1.47. The minimum atomic E-state index is -1.97. The second kappa shape index (κ2) is 37.3. The van der Waals surface area contributed by atoms with E-state index in [4.69, 9.17) is 28.4 Å². The van der Waals surface area contributed by atoms with Crippen molar-refractivity contribution >= 4 is 5.91 Å². The highest BCUT2D eigenvalue weighted by molar-refractivity contribution is 5.76. The number of rotatable bonds is 39. The number of amides is 1. The van der Waals surface area contributed by atoms with Crippen LogP contribution in [0.4, 0.5) is 0 Å². The smallest absolute Gasteiger partial charge is 0.220 e. The van der Waals surface area contributed by atoms with Gasteiger partial charge in [-0.15, -0.1) is 0 Å². The van der Waals surface area contributed by atoms with E-state index in [1.807, 2.05) is 6.08 Å². The normalized spacial score (nSPS) is 32.3. The average molecular weight is 1020 g/mol. The summed E-state index contributed by atoms with van der Waals surface area (Å²) in [4.78, 5) is 13.2. The highest BCUT2D eigenvalue weighted by Crippen LogP contribution is 2.33. The molecule has 0 aromatic carbocycles. The third-order valence-corrected chi connectivity index (χ3v) is 14.1. The summed E-state index contributed by atoms with van der Waals surface area (Å²) in [5.41, 5.74) is 0. The van der Waals surface area contributed by atoms with Gasteiger partial charge in [-0.1, -0.05) is 167 Å². The van der Waals surface area contributed by atoms with E-state index < -0.39 is 124 Å². The zero-order valence-electron chi connectivity index (χ0n) is 43.0. The van der Waals surface area contributed by atoms with Crippen LogP contribution in [0.15, 0.2) is 12.2 Å². The summed E-state index contributed by atoms with van der Waals surface area (Å²) in [6, 6.07) is -0.971. The Balaban J connectivity index is 1.58. The molecule has 3 saturated heterocycles. The molecule has 6 unspecified atom stereocenters. The van der Waals surface area contributed by atoms with E-state index in [9.17, 15) is 61.0 Å². The Morgan fingerprint density at radius 1 is 0.493 bits per heavy atom. The number of unbranched alkanes of at least 4 members (excludes halogenated alkanes) is 23. The van der Waals surface area contributed by atoms with Crippen LogP contribution in [-0.4, -0.2) is 193 Å². The maximum absolute atomic E-state index is 13.2. The van der Waals surface area contributed by atoms with Gasteiger partial charge in [0.1, 0.15) is 73.2 Å². The van der Waals surface area contributed by atoms with Crippen LogP contribution in [0.1, 0.15) is 181 Å². The minimum absolute atomic E-state index is 0.244. The molecule has 3 rings (SSSR count). The molecule has 418 valence electrons. The zero-order chi connectivity index (χ0) is 52.0. The van der Waals surface area contributed by atoms with Gasteiger partial charge in [0.25, 0.3) is 0 Å². The zero-order valence-corrected chi connectivity index (χ0v) is 43.0. The van der Waals surface area contributed by atoms with E-state index >= 15 is 0 Å². The maximum Gasteiger partial charge on any atom is 0.220 e. The van der Waals surface area contributed by atoms with Gasteiger partial charge >= 0.3 is 0 Å². The molecule has 0 aromatic rings. The predicted molar refractivity (Wildman–Crippen MR) is 263 cm³/mol. The number of hydrogen-bond acceptors (Lipinski definition) is 18. The van der Waals surface area contributed by atoms with Crippen molar-refractivity contribution in [2.24, 2.45) is 0 Å². The van der Waals surface area contributed by atoms with Crippen LogP contribution < -0.4 is 5.32 Å². The number of aliphatic hydroxyl groups excluding tert-OH is 11. The highest BCUT2D eigenvalue weighted by atomic mass is 16.8. The van der Waals surface area contributed by atoms with Gasteiger partial charge in [0.15, 0.2) is 18.9 Å². The standard InChI is InChI=1S/C52H97NO18/c1-3-5-7-9-11-13-15-17-19-21-23-25-27-29-36(57)35(53-40(58)30-28-26-24-22-20-18-16-14-12-10-8-6-4-2)34-66-50-46(64)44(62)48(39(33-56)69-50)70-52-47(65)49(42(60)38(32-55)68-52)71-51-45(63)43(61)41(59)37(31-54)67-51/h27,29,35-39,41-52,54-57,59-65H,3-26,28,30-34H2,1-2H3,(H,53,58)/b29-27+/t35-,36+,37?,38?,39?,41-,42-,43-,44+,45?,46?,47?,48+,49-,50+,51+,52-/m0/s1. The monoisotopic (exact) mass is 1020 g/mol. The van der Waals surface area contributed by atoms with Crippen LogP contribution >= 0.6 is 0 Å². The summed E-state index contributed by atoms with van der Waals surface area (Å²) in [6.45, 7) is 1.66. The molecule has 3 aliphatic rings. The fraction of sp³-hybridized carbons (Fsp3) is 0.942. The number of ether oxygens (including phenoxy) is 6. The van der Waals surface area contributed by atoms with E-state index in [1.54, 1.807) is 6.08 Å². The summed E-state index contributed by atoms with van der Waals surface area (Å²) in [5, 5.41) is 120. The molecule has 3 fully saturated rings. The van der Waals surface area contributed by atoms with Crippen LogP contribution in [0, 0.1) is 0 Å². The van der Waals surface area contributed by atoms with Gasteiger partial charge in [-0.3, -0.25) is 4.79 Å². The molecule has 0 bridgehead atoms. The van der Waals surface area contributed by atoms with Crippen LogP contribution in [0.2, 0.25) is 0 Å². The Bertz CT molecular complexity index is 1370. The highest BCUT2D eigenvalue weighted by Gasteiger charge is 2.54. The molecule has 12 N–H and O–H groups in total. The van der Waals surface area contributed by atoms with Crippen LogP contribution in [0.3, 0.4) is 0 Å².